The number of anilines is 1. The fourth-order valence-corrected chi connectivity index (χ4v) is 6.65. The minimum absolute atomic E-state index is 0.523. The minimum Gasteiger partial charge on any atom is -0.378 e. The quantitative estimate of drug-likeness (QED) is 0.414. The lowest BCUT2D eigenvalue weighted by atomic mass is 10.2. The minimum atomic E-state index is -3.14. The largest absolute Gasteiger partial charge is 0.378 e. The summed E-state index contributed by atoms with van der Waals surface area (Å²) in [7, 11) is -3.14. The highest BCUT2D eigenvalue weighted by molar-refractivity contribution is 7.88. The third kappa shape index (κ3) is 4.68. The first kappa shape index (κ1) is 23.7. The molecule has 0 aliphatic carbocycles. The summed E-state index contributed by atoms with van der Waals surface area (Å²) in [4.78, 5) is 28.8. The number of nitrogens with one attached hydrogen (secondary N) is 1. The first-order chi connectivity index (χ1) is 17.3. The standard InChI is InChI=1S/C23H28N8O3S2/c1-15-25-19-11-16(13-24-21(19)26-15)20-27-22(30-7-9-34-10-8-30)18-12-17(35-23(18)28-20)14-29-3-5-31(6-4-29)36(2,32)33/h11-13H,3-10,14H2,1-2H3,(H,24,25,26). The number of morpholine rings is 1. The summed E-state index contributed by atoms with van der Waals surface area (Å²) in [5.74, 6) is 2.37. The van der Waals surface area contributed by atoms with Crippen molar-refractivity contribution in [1.82, 2.24) is 34.1 Å². The molecule has 190 valence electrons. The zero-order valence-electron chi connectivity index (χ0n) is 20.3. The van der Waals surface area contributed by atoms with Crippen molar-refractivity contribution in [2.45, 2.75) is 13.5 Å². The van der Waals surface area contributed by atoms with E-state index < -0.39 is 10.0 Å². The van der Waals surface area contributed by atoms with E-state index in [2.05, 4.69) is 30.8 Å². The van der Waals surface area contributed by atoms with E-state index in [4.69, 9.17) is 14.7 Å². The van der Waals surface area contributed by atoms with Crippen molar-refractivity contribution in [1.29, 1.82) is 0 Å². The predicted molar refractivity (Wildman–Crippen MR) is 140 cm³/mol. The molecule has 1 N–H and O–H groups in total. The Kier molecular flexibility index (Phi) is 6.12. The van der Waals surface area contributed by atoms with E-state index in [-0.39, 0.29) is 0 Å². The zero-order chi connectivity index (χ0) is 24.9. The molecule has 4 aromatic rings. The van der Waals surface area contributed by atoms with Crippen LogP contribution < -0.4 is 4.90 Å². The Morgan fingerprint density at radius 2 is 1.83 bits per heavy atom. The number of hydrogen-bond donors (Lipinski definition) is 1. The number of aromatic amines is 1. The molecule has 0 amide bonds. The van der Waals surface area contributed by atoms with Gasteiger partial charge in [-0.15, -0.1) is 11.3 Å². The van der Waals surface area contributed by atoms with Gasteiger partial charge in [0.2, 0.25) is 10.0 Å². The second-order valence-corrected chi connectivity index (χ2v) is 12.4. The molecule has 0 radical (unpaired) electrons. The number of pyridine rings is 1. The lowest BCUT2D eigenvalue weighted by molar-refractivity contribution is 0.122. The van der Waals surface area contributed by atoms with Gasteiger partial charge in [-0.3, -0.25) is 4.90 Å². The highest BCUT2D eigenvalue weighted by Gasteiger charge is 2.25. The number of H-pyrrole nitrogens is 1. The molecule has 0 aromatic carbocycles. The summed E-state index contributed by atoms with van der Waals surface area (Å²) in [6, 6.07) is 4.17. The molecule has 0 spiro atoms. The Labute approximate surface area is 213 Å². The van der Waals surface area contributed by atoms with Crippen molar-refractivity contribution in [2.75, 3.05) is 63.6 Å². The van der Waals surface area contributed by atoms with E-state index in [1.165, 1.54) is 11.1 Å². The number of aromatic nitrogens is 5. The molecule has 0 bridgehead atoms. The first-order valence-corrected chi connectivity index (χ1v) is 14.6. The summed E-state index contributed by atoms with van der Waals surface area (Å²) in [5.41, 5.74) is 2.37. The highest BCUT2D eigenvalue weighted by Crippen LogP contribution is 2.34. The number of nitrogens with zero attached hydrogens (tertiary/aromatic N) is 7. The zero-order valence-corrected chi connectivity index (χ0v) is 21.9. The molecule has 6 rings (SSSR count). The number of rotatable bonds is 5. The van der Waals surface area contributed by atoms with Crippen molar-refractivity contribution < 1.29 is 13.2 Å². The molecule has 4 aromatic heterocycles. The molecule has 2 fully saturated rings. The summed E-state index contributed by atoms with van der Waals surface area (Å²) < 4.78 is 30.8. The van der Waals surface area contributed by atoms with Gasteiger partial charge in [-0.05, 0) is 19.1 Å². The maximum Gasteiger partial charge on any atom is 0.211 e. The third-order valence-electron chi connectivity index (χ3n) is 6.63. The van der Waals surface area contributed by atoms with Gasteiger partial charge in [0.15, 0.2) is 11.5 Å². The molecular formula is C23H28N8O3S2. The van der Waals surface area contributed by atoms with Crippen LogP contribution in [0.5, 0.6) is 0 Å². The van der Waals surface area contributed by atoms with Crippen molar-refractivity contribution in [3.63, 3.8) is 0 Å². The van der Waals surface area contributed by atoms with Crippen LogP contribution in [-0.2, 0) is 21.3 Å². The van der Waals surface area contributed by atoms with Crippen molar-refractivity contribution >= 4 is 48.6 Å². The number of thiophene rings is 1. The van der Waals surface area contributed by atoms with Crippen LogP contribution in [0.25, 0.3) is 32.8 Å². The fourth-order valence-electron chi connectivity index (χ4n) is 4.76. The van der Waals surface area contributed by atoms with Crippen LogP contribution >= 0.6 is 11.3 Å². The number of piperazine rings is 1. The maximum atomic E-state index is 11.8. The molecule has 2 saturated heterocycles. The van der Waals surface area contributed by atoms with Crippen LogP contribution in [0, 0.1) is 6.92 Å². The van der Waals surface area contributed by atoms with Crippen LogP contribution in [0.15, 0.2) is 18.3 Å². The number of imidazole rings is 1. The average molecular weight is 529 g/mol. The number of ether oxygens (including phenoxy) is 1. The number of sulfonamides is 1. The molecule has 2 aliphatic heterocycles. The summed E-state index contributed by atoms with van der Waals surface area (Å²) in [6.45, 7) is 8.03. The van der Waals surface area contributed by atoms with Crippen LogP contribution in [-0.4, -0.2) is 101 Å². The monoisotopic (exact) mass is 528 g/mol. The smallest absolute Gasteiger partial charge is 0.211 e. The molecule has 6 heterocycles. The molecule has 0 saturated carbocycles. The van der Waals surface area contributed by atoms with E-state index in [1.54, 1.807) is 21.8 Å². The second-order valence-electron chi connectivity index (χ2n) is 9.25. The van der Waals surface area contributed by atoms with Gasteiger partial charge in [-0.25, -0.2) is 28.4 Å². The van der Waals surface area contributed by atoms with Gasteiger partial charge < -0.3 is 14.6 Å². The number of aryl methyl sites for hydroxylation is 1. The molecule has 2 aliphatic rings. The van der Waals surface area contributed by atoms with Crippen LogP contribution in [0.3, 0.4) is 0 Å². The lowest BCUT2D eigenvalue weighted by Gasteiger charge is -2.32. The van der Waals surface area contributed by atoms with Gasteiger partial charge in [0.25, 0.3) is 0 Å². The van der Waals surface area contributed by atoms with Crippen LogP contribution in [0.4, 0.5) is 5.82 Å². The van der Waals surface area contributed by atoms with E-state index in [0.29, 0.717) is 45.2 Å². The fraction of sp³-hybridized carbons (Fsp3) is 0.478. The Bertz CT molecular complexity index is 1520. The van der Waals surface area contributed by atoms with Crippen LogP contribution in [0.2, 0.25) is 0 Å². The number of hydrogen-bond acceptors (Lipinski definition) is 10. The highest BCUT2D eigenvalue weighted by atomic mass is 32.2. The Balaban J connectivity index is 1.34. The Hall–Kier alpha value is -2.71. The van der Waals surface area contributed by atoms with Crippen molar-refractivity contribution in [2.24, 2.45) is 0 Å². The van der Waals surface area contributed by atoms with Gasteiger partial charge in [-0.1, -0.05) is 0 Å². The van der Waals surface area contributed by atoms with E-state index in [1.807, 2.05) is 13.0 Å². The Morgan fingerprint density at radius 3 is 2.58 bits per heavy atom. The second kappa shape index (κ2) is 9.30. The van der Waals surface area contributed by atoms with E-state index in [0.717, 1.165) is 58.2 Å². The van der Waals surface area contributed by atoms with Gasteiger partial charge in [0.05, 0.1) is 24.9 Å². The van der Waals surface area contributed by atoms with Gasteiger partial charge in [0, 0.05) is 62.5 Å². The molecule has 11 nitrogen and oxygen atoms in total. The summed E-state index contributed by atoms with van der Waals surface area (Å²) >= 11 is 1.67. The van der Waals surface area contributed by atoms with E-state index in [9.17, 15) is 8.42 Å². The SMILES string of the molecule is Cc1nc2cc(-c3nc(N4CCOCC4)c4cc(CN5CCN(S(C)(=O)=O)CC5)sc4n3)cnc2[nH]1. The van der Waals surface area contributed by atoms with Gasteiger partial charge in [-0.2, -0.15) is 4.31 Å². The molecule has 0 atom stereocenters. The third-order valence-corrected chi connectivity index (χ3v) is 8.94. The Morgan fingerprint density at radius 1 is 1.06 bits per heavy atom. The molecular weight excluding hydrogens is 500 g/mol. The van der Waals surface area contributed by atoms with Crippen molar-refractivity contribution in [3.8, 4) is 11.4 Å². The summed E-state index contributed by atoms with van der Waals surface area (Å²) in [5, 5.41) is 1.04. The topological polar surface area (TPSA) is 120 Å². The number of fused-ring (bicyclic) bond motifs is 2. The van der Waals surface area contributed by atoms with Gasteiger partial charge in [0.1, 0.15) is 22.0 Å². The molecule has 36 heavy (non-hydrogen) atoms. The predicted octanol–water partition coefficient (Wildman–Crippen LogP) is 1.85. The molecule has 13 heteroatoms. The van der Waals surface area contributed by atoms with E-state index >= 15 is 0 Å². The van der Waals surface area contributed by atoms with Crippen LogP contribution in [0.1, 0.15) is 10.7 Å². The lowest BCUT2D eigenvalue weighted by Crippen LogP contribution is -2.47. The first-order valence-electron chi connectivity index (χ1n) is 12.0. The maximum absolute atomic E-state index is 11.8. The normalized spacial score (nSPS) is 18.4. The summed E-state index contributed by atoms with van der Waals surface area (Å²) in [6.07, 6.45) is 3.07. The van der Waals surface area contributed by atoms with Crippen molar-refractivity contribution in [3.05, 3.63) is 29.0 Å². The van der Waals surface area contributed by atoms with Gasteiger partial charge >= 0.3 is 0 Å². The molecule has 0 unspecified atom stereocenters. The average Bonchev–Trinajstić information content (AvgIpc) is 3.44.